The largest absolute Gasteiger partial charge is 0.465 e. The van der Waals surface area contributed by atoms with Crippen LogP contribution >= 0.6 is 0 Å². The molecule has 2 aromatic rings. The highest BCUT2D eigenvalue weighted by molar-refractivity contribution is 5.94. The fourth-order valence-corrected chi connectivity index (χ4v) is 2.06. The van der Waals surface area contributed by atoms with E-state index in [1.807, 2.05) is 38.1 Å². The SMILES string of the molecule is Cc1ccc(C(CNC(=O)c2ccc(F)cc2)N(C)C)o1. The van der Waals surface area contributed by atoms with Gasteiger partial charge in [-0.1, -0.05) is 0 Å². The van der Waals surface area contributed by atoms with Gasteiger partial charge < -0.3 is 9.73 Å². The predicted octanol–water partition coefficient (Wildman–Crippen LogP) is 2.76. The van der Waals surface area contributed by atoms with E-state index in [1.165, 1.54) is 24.3 Å². The molecule has 5 heteroatoms. The van der Waals surface area contributed by atoms with Crippen molar-refractivity contribution in [2.45, 2.75) is 13.0 Å². The highest BCUT2D eigenvalue weighted by Crippen LogP contribution is 2.20. The van der Waals surface area contributed by atoms with Crippen molar-refractivity contribution in [2.75, 3.05) is 20.6 Å². The average Bonchev–Trinajstić information content (AvgIpc) is 2.85. The van der Waals surface area contributed by atoms with E-state index in [2.05, 4.69) is 5.32 Å². The number of benzene rings is 1. The lowest BCUT2D eigenvalue weighted by atomic mass is 10.1. The first-order chi connectivity index (χ1) is 9.97. The van der Waals surface area contributed by atoms with E-state index in [9.17, 15) is 9.18 Å². The first kappa shape index (κ1) is 15.3. The van der Waals surface area contributed by atoms with Crippen LogP contribution in [0.4, 0.5) is 4.39 Å². The third-order valence-electron chi connectivity index (χ3n) is 3.28. The number of hydrogen-bond acceptors (Lipinski definition) is 3. The lowest BCUT2D eigenvalue weighted by molar-refractivity contribution is 0.0939. The maximum atomic E-state index is 12.8. The summed E-state index contributed by atoms with van der Waals surface area (Å²) in [6.45, 7) is 2.30. The molecule has 0 radical (unpaired) electrons. The maximum Gasteiger partial charge on any atom is 0.251 e. The summed E-state index contributed by atoms with van der Waals surface area (Å²) < 4.78 is 18.5. The quantitative estimate of drug-likeness (QED) is 0.921. The van der Waals surface area contributed by atoms with Crippen LogP contribution in [0.15, 0.2) is 40.8 Å². The Morgan fingerprint density at radius 2 is 1.90 bits per heavy atom. The zero-order valence-electron chi connectivity index (χ0n) is 12.4. The summed E-state index contributed by atoms with van der Waals surface area (Å²) in [5, 5.41) is 2.84. The van der Waals surface area contributed by atoms with Gasteiger partial charge in [0.15, 0.2) is 0 Å². The molecule has 0 saturated heterocycles. The third kappa shape index (κ3) is 3.92. The monoisotopic (exact) mass is 290 g/mol. The minimum atomic E-state index is -0.358. The normalized spacial score (nSPS) is 12.4. The molecule has 112 valence electrons. The number of carbonyl (C=O) groups is 1. The molecule has 0 saturated carbocycles. The molecule has 0 spiro atoms. The Balaban J connectivity index is 2.02. The van der Waals surface area contributed by atoms with Gasteiger partial charge in [-0.2, -0.15) is 0 Å². The topological polar surface area (TPSA) is 45.5 Å². The van der Waals surface area contributed by atoms with Gasteiger partial charge in [-0.25, -0.2) is 4.39 Å². The maximum absolute atomic E-state index is 12.8. The van der Waals surface area contributed by atoms with Crippen molar-refractivity contribution in [2.24, 2.45) is 0 Å². The van der Waals surface area contributed by atoms with Crippen LogP contribution in [0, 0.1) is 12.7 Å². The summed E-state index contributed by atoms with van der Waals surface area (Å²) >= 11 is 0. The Morgan fingerprint density at radius 1 is 1.24 bits per heavy atom. The first-order valence-corrected chi connectivity index (χ1v) is 6.74. The van der Waals surface area contributed by atoms with Crippen LogP contribution in [0.25, 0.3) is 0 Å². The van der Waals surface area contributed by atoms with E-state index in [0.29, 0.717) is 12.1 Å². The number of halogens is 1. The number of furan rings is 1. The van der Waals surface area contributed by atoms with Gasteiger partial charge in [0.05, 0.1) is 6.04 Å². The van der Waals surface area contributed by atoms with Crippen LogP contribution in [0.1, 0.15) is 27.9 Å². The smallest absolute Gasteiger partial charge is 0.251 e. The van der Waals surface area contributed by atoms with E-state index in [1.54, 1.807) is 0 Å². The molecule has 21 heavy (non-hydrogen) atoms. The van der Waals surface area contributed by atoms with Crippen LogP contribution in [-0.4, -0.2) is 31.4 Å². The van der Waals surface area contributed by atoms with Crippen LogP contribution in [0.2, 0.25) is 0 Å². The van der Waals surface area contributed by atoms with Gasteiger partial charge in [0.2, 0.25) is 0 Å². The molecule has 1 aromatic carbocycles. The summed E-state index contributed by atoms with van der Waals surface area (Å²) in [4.78, 5) is 14.0. The molecular formula is C16H19FN2O2. The van der Waals surface area contributed by atoms with Crippen molar-refractivity contribution in [3.8, 4) is 0 Å². The summed E-state index contributed by atoms with van der Waals surface area (Å²) in [6.07, 6.45) is 0. The minimum Gasteiger partial charge on any atom is -0.465 e. The van der Waals surface area contributed by atoms with Crippen LogP contribution in [-0.2, 0) is 0 Å². The number of amides is 1. The van der Waals surface area contributed by atoms with Crippen molar-refractivity contribution in [1.82, 2.24) is 10.2 Å². The van der Waals surface area contributed by atoms with Gasteiger partial charge in [0.1, 0.15) is 17.3 Å². The van der Waals surface area contributed by atoms with E-state index in [4.69, 9.17) is 4.42 Å². The Kier molecular flexibility index (Phi) is 4.75. The molecule has 0 fully saturated rings. The zero-order valence-corrected chi connectivity index (χ0v) is 12.4. The number of aryl methyl sites for hydroxylation is 1. The lowest BCUT2D eigenvalue weighted by Gasteiger charge is -2.22. The van der Waals surface area contributed by atoms with E-state index in [-0.39, 0.29) is 17.8 Å². The Bertz CT molecular complexity index is 605. The fourth-order valence-electron chi connectivity index (χ4n) is 2.06. The summed E-state index contributed by atoms with van der Waals surface area (Å²) in [5.74, 6) is 1.05. The molecule has 0 bridgehead atoms. The number of hydrogen-bond donors (Lipinski definition) is 1. The molecule has 1 heterocycles. The zero-order chi connectivity index (χ0) is 15.4. The van der Waals surface area contributed by atoms with Gasteiger partial charge >= 0.3 is 0 Å². The molecule has 1 aromatic heterocycles. The molecule has 1 amide bonds. The second-order valence-corrected chi connectivity index (χ2v) is 5.14. The van der Waals surface area contributed by atoms with Gasteiger partial charge in [-0.05, 0) is 57.4 Å². The number of nitrogens with zero attached hydrogens (tertiary/aromatic N) is 1. The molecule has 0 aliphatic heterocycles. The molecule has 0 aliphatic rings. The predicted molar refractivity (Wildman–Crippen MR) is 78.6 cm³/mol. The van der Waals surface area contributed by atoms with E-state index < -0.39 is 0 Å². The Morgan fingerprint density at radius 3 is 2.43 bits per heavy atom. The first-order valence-electron chi connectivity index (χ1n) is 6.74. The number of rotatable bonds is 5. The molecule has 1 N–H and O–H groups in total. The van der Waals surface area contributed by atoms with Gasteiger partial charge in [0, 0.05) is 12.1 Å². The van der Waals surface area contributed by atoms with E-state index in [0.717, 1.165) is 11.5 Å². The second-order valence-electron chi connectivity index (χ2n) is 5.14. The molecule has 1 atom stereocenters. The standard InChI is InChI=1S/C16H19FN2O2/c1-11-4-9-15(21-11)14(19(2)3)10-18-16(20)12-5-7-13(17)8-6-12/h4-9,14H,10H2,1-3H3,(H,18,20). The Hall–Kier alpha value is -2.14. The molecular weight excluding hydrogens is 271 g/mol. The van der Waals surface area contributed by atoms with Gasteiger partial charge in [0.25, 0.3) is 5.91 Å². The van der Waals surface area contributed by atoms with Gasteiger partial charge in [-0.3, -0.25) is 9.69 Å². The van der Waals surface area contributed by atoms with Crippen molar-refractivity contribution < 1.29 is 13.6 Å². The second kappa shape index (κ2) is 6.54. The lowest BCUT2D eigenvalue weighted by Crippen LogP contribution is -2.34. The summed E-state index contributed by atoms with van der Waals surface area (Å²) in [5.41, 5.74) is 0.435. The van der Waals surface area contributed by atoms with Crippen LogP contribution in [0.5, 0.6) is 0 Å². The van der Waals surface area contributed by atoms with E-state index >= 15 is 0 Å². The number of likely N-dealkylation sites (N-methyl/N-ethyl adjacent to an activating group) is 1. The van der Waals surface area contributed by atoms with Crippen molar-refractivity contribution in [3.05, 3.63) is 59.3 Å². The highest BCUT2D eigenvalue weighted by atomic mass is 19.1. The summed E-state index contributed by atoms with van der Waals surface area (Å²) in [6, 6.07) is 9.22. The Labute approximate surface area is 123 Å². The minimum absolute atomic E-state index is 0.0527. The highest BCUT2D eigenvalue weighted by Gasteiger charge is 2.19. The van der Waals surface area contributed by atoms with Crippen LogP contribution in [0.3, 0.4) is 0 Å². The third-order valence-corrected chi connectivity index (χ3v) is 3.28. The van der Waals surface area contributed by atoms with Crippen LogP contribution < -0.4 is 5.32 Å². The van der Waals surface area contributed by atoms with Crippen molar-refractivity contribution in [3.63, 3.8) is 0 Å². The van der Waals surface area contributed by atoms with Crippen molar-refractivity contribution in [1.29, 1.82) is 0 Å². The fraction of sp³-hybridized carbons (Fsp3) is 0.312. The van der Waals surface area contributed by atoms with Crippen molar-refractivity contribution >= 4 is 5.91 Å². The number of carbonyl (C=O) groups excluding carboxylic acids is 1. The molecule has 2 rings (SSSR count). The average molecular weight is 290 g/mol. The number of nitrogens with one attached hydrogen (secondary N) is 1. The molecule has 4 nitrogen and oxygen atoms in total. The van der Waals surface area contributed by atoms with Gasteiger partial charge in [-0.15, -0.1) is 0 Å². The summed E-state index contributed by atoms with van der Waals surface area (Å²) in [7, 11) is 3.85. The molecule has 1 unspecified atom stereocenters. The molecule has 0 aliphatic carbocycles.